The molecule has 0 unspecified atom stereocenters. The maximum atomic E-state index is 12.2. The zero-order valence-electron chi connectivity index (χ0n) is 23.1. The molecule has 0 atom stereocenters. The van der Waals surface area contributed by atoms with Crippen LogP contribution in [0, 0.1) is 13.8 Å². The van der Waals surface area contributed by atoms with Gasteiger partial charge in [0.15, 0.2) is 0 Å². The van der Waals surface area contributed by atoms with Gasteiger partial charge >= 0.3 is 0 Å². The number of aryl methyl sites for hydroxylation is 2. The van der Waals surface area contributed by atoms with Gasteiger partial charge in [-0.25, -0.2) is 0 Å². The van der Waals surface area contributed by atoms with Crippen molar-refractivity contribution in [2.24, 2.45) is 0 Å². The van der Waals surface area contributed by atoms with Crippen LogP contribution in [0.15, 0.2) is 97.1 Å². The molecule has 0 fully saturated rings. The smallest absolute Gasteiger partial charge is 0.234 e. The van der Waals surface area contributed by atoms with Crippen molar-refractivity contribution in [2.45, 2.75) is 13.8 Å². The molecule has 0 aliphatic rings. The first-order valence-corrected chi connectivity index (χ1v) is 15.8. The van der Waals surface area contributed by atoms with E-state index in [0.29, 0.717) is 8.64 Å². The summed E-state index contributed by atoms with van der Waals surface area (Å²) in [6, 6.07) is 31.0. The third-order valence-corrected chi connectivity index (χ3v) is 8.50. The first kappa shape index (κ1) is 31.2. The summed E-state index contributed by atoms with van der Waals surface area (Å²) in [6.07, 6.45) is 0. The molecule has 4 N–H and O–H groups in total. The van der Waals surface area contributed by atoms with E-state index in [4.69, 9.17) is 24.4 Å². The number of rotatable bonds is 9. The Labute approximate surface area is 265 Å². The molecule has 4 aromatic rings. The van der Waals surface area contributed by atoms with E-state index < -0.39 is 0 Å². The van der Waals surface area contributed by atoms with Crippen molar-refractivity contribution in [1.82, 2.24) is 0 Å². The Bertz CT molecular complexity index is 1460. The Kier molecular flexibility index (Phi) is 11.5. The van der Waals surface area contributed by atoms with Crippen LogP contribution >= 0.6 is 48.0 Å². The molecule has 10 heteroatoms. The first-order valence-electron chi connectivity index (χ1n) is 13.1. The number of carbonyl (C=O) groups excluding carboxylic acids is 2. The highest BCUT2D eigenvalue weighted by Gasteiger charge is 2.10. The monoisotopic (exact) mass is 630 g/mol. The Hall–Kier alpha value is -3.70. The van der Waals surface area contributed by atoms with Gasteiger partial charge < -0.3 is 21.3 Å². The summed E-state index contributed by atoms with van der Waals surface area (Å²) in [6.45, 7) is 4.04. The minimum absolute atomic E-state index is 0.108. The molecule has 0 bridgehead atoms. The number of anilines is 4. The van der Waals surface area contributed by atoms with E-state index in [2.05, 4.69) is 33.4 Å². The van der Waals surface area contributed by atoms with Crippen LogP contribution in [-0.4, -0.2) is 32.0 Å². The molecule has 0 radical (unpaired) electrons. The van der Waals surface area contributed by atoms with Crippen molar-refractivity contribution in [1.29, 1.82) is 0 Å². The normalized spacial score (nSPS) is 10.4. The number of carbonyl (C=O) groups is 2. The van der Waals surface area contributed by atoms with E-state index in [1.165, 1.54) is 23.5 Å². The molecule has 0 heterocycles. The van der Waals surface area contributed by atoms with E-state index in [-0.39, 0.29) is 23.3 Å². The lowest BCUT2D eigenvalue weighted by Gasteiger charge is -2.14. The summed E-state index contributed by atoms with van der Waals surface area (Å²) in [4.78, 5) is 24.4. The molecule has 4 aromatic carbocycles. The van der Waals surface area contributed by atoms with Gasteiger partial charge in [0.2, 0.25) is 11.8 Å². The summed E-state index contributed by atoms with van der Waals surface area (Å²) in [7, 11) is 0. The molecule has 0 aromatic heterocycles. The molecule has 42 heavy (non-hydrogen) atoms. The van der Waals surface area contributed by atoms with Crippen molar-refractivity contribution in [3.05, 3.63) is 108 Å². The number of para-hydroxylation sites is 2. The van der Waals surface area contributed by atoms with Crippen molar-refractivity contribution in [3.63, 3.8) is 0 Å². The molecule has 2 amide bonds. The molecular weight excluding hydrogens is 601 g/mol. The van der Waals surface area contributed by atoms with Crippen LogP contribution in [-0.2, 0) is 9.59 Å². The van der Waals surface area contributed by atoms with Crippen molar-refractivity contribution in [3.8, 4) is 11.1 Å². The quantitative estimate of drug-likeness (QED) is 0.138. The largest absolute Gasteiger partial charge is 0.341 e. The Balaban J connectivity index is 1.27. The molecule has 0 aliphatic heterocycles. The van der Waals surface area contributed by atoms with Crippen LogP contribution in [0.5, 0.6) is 0 Å². The van der Waals surface area contributed by atoms with Crippen LogP contribution < -0.4 is 21.3 Å². The Morgan fingerprint density at radius 2 is 0.952 bits per heavy atom. The van der Waals surface area contributed by atoms with E-state index in [1.807, 2.05) is 98.8 Å². The van der Waals surface area contributed by atoms with Gasteiger partial charge in [-0.15, -0.1) is 0 Å². The molecule has 214 valence electrons. The second kappa shape index (κ2) is 15.5. The lowest BCUT2D eigenvalue weighted by atomic mass is 10.00. The predicted molar refractivity (Wildman–Crippen MR) is 189 cm³/mol. The average molecular weight is 631 g/mol. The van der Waals surface area contributed by atoms with Gasteiger partial charge in [0.05, 0.1) is 11.5 Å². The summed E-state index contributed by atoms with van der Waals surface area (Å²) in [5, 5.41) is 12.2. The van der Waals surface area contributed by atoms with E-state index in [1.54, 1.807) is 0 Å². The fourth-order valence-electron chi connectivity index (χ4n) is 3.96. The van der Waals surface area contributed by atoms with Gasteiger partial charge in [0.25, 0.3) is 0 Å². The van der Waals surface area contributed by atoms with E-state index in [0.717, 1.165) is 45.0 Å². The number of hydrogen-bond donors (Lipinski definition) is 4. The third-order valence-electron chi connectivity index (χ3n) is 6.04. The van der Waals surface area contributed by atoms with Crippen molar-refractivity contribution >= 4 is 91.2 Å². The molecule has 0 saturated carbocycles. The molecule has 0 saturated heterocycles. The highest BCUT2D eigenvalue weighted by atomic mass is 32.2. The second-order valence-corrected chi connectivity index (χ2v) is 12.6. The Morgan fingerprint density at radius 3 is 1.31 bits per heavy atom. The van der Waals surface area contributed by atoms with Crippen molar-refractivity contribution in [2.75, 3.05) is 32.8 Å². The van der Waals surface area contributed by atoms with Crippen molar-refractivity contribution < 1.29 is 9.59 Å². The lowest BCUT2D eigenvalue weighted by molar-refractivity contribution is -0.114. The van der Waals surface area contributed by atoms with Crippen LogP contribution in [0.3, 0.4) is 0 Å². The maximum absolute atomic E-state index is 12.2. The van der Waals surface area contributed by atoms with E-state index >= 15 is 0 Å². The van der Waals surface area contributed by atoms with Gasteiger partial charge in [0, 0.05) is 22.7 Å². The fourth-order valence-corrected chi connectivity index (χ4v) is 5.56. The standard InChI is InChI=1S/C32H30N4O2S4/c1-21-17-23(13-15-27(21)35-31(39)41-19-29(37)33-25-9-5-3-6-10-25)24-14-16-28(22(2)18-24)36-32(40)42-20-30(38)34-26-11-7-4-8-12-26/h3-18H,19-20H2,1-2H3,(H,33,37)(H,34,38)(H,35,39)(H,36,40). The van der Waals surface area contributed by atoms with E-state index in [9.17, 15) is 9.59 Å². The number of amides is 2. The van der Waals surface area contributed by atoms with Gasteiger partial charge in [-0.2, -0.15) is 0 Å². The number of hydrogen-bond acceptors (Lipinski definition) is 6. The minimum atomic E-state index is -0.108. The SMILES string of the molecule is Cc1cc(-c2ccc(NC(=S)SCC(=O)Nc3ccccc3)c(C)c2)ccc1NC(=S)SCC(=O)Nc1ccccc1. The van der Waals surface area contributed by atoms with Gasteiger partial charge in [0.1, 0.15) is 8.64 Å². The number of thiocarbonyl (C=S) groups is 2. The summed E-state index contributed by atoms with van der Waals surface area (Å²) < 4.78 is 1.07. The first-order chi connectivity index (χ1) is 20.3. The molecule has 4 rings (SSSR count). The summed E-state index contributed by atoms with van der Waals surface area (Å²) in [5.74, 6) is 0.230. The fraction of sp³-hybridized carbons (Fsp3) is 0.125. The zero-order chi connectivity index (χ0) is 29.9. The molecule has 0 aliphatic carbocycles. The van der Waals surface area contributed by atoms with Crippen LogP contribution in [0.1, 0.15) is 11.1 Å². The van der Waals surface area contributed by atoms with Gasteiger partial charge in [-0.05, 0) is 84.6 Å². The maximum Gasteiger partial charge on any atom is 0.234 e. The third kappa shape index (κ3) is 9.70. The highest BCUT2D eigenvalue weighted by molar-refractivity contribution is 8.24. The minimum Gasteiger partial charge on any atom is -0.341 e. The molecule has 6 nitrogen and oxygen atoms in total. The van der Waals surface area contributed by atoms with Gasteiger partial charge in [-0.3, -0.25) is 9.59 Å². The number of benzene rings is 4. The molecular formula is C32H30N4O2S4. The summed E-state index contributed by atoms with van der Waals surface area (Å²) in [5.41, 5.74) is 7.54. The molecule has 0 spiro atoms. The Morgan fingerprint density at radius 1 is 0.571 bits per heavy atom. The summed E-state index contributed by atoms with van der Waals surface area (Å²) >= 11 is 13.5. The van der Waals surface area contributed by atoms with Crippen LogP contribution in [0.25, 0.3) is 11.1 Å². The van der Waals surface area contributed by atoms with Crippen LogP contribution in [0.4, 0.5) is 22.7 Å². The number of nitrogens with one attached hydrogen (secondary N) is 4. The second-order valence-electron chi connectivity index (χ2n) is 9.29. The van der Waals surface area contributed by atoms with Gasteiger partial charge in [-0.1, -0.05) is 96.5 Å². The predicted octanol–water partition coefficient (Wildman–Crippen LogP) is 8.11. The zero-order valence-corrected chi connectivity index (χ0v) is 26.4. The average Bonchev–Trinajstić information content (AvgIpc) is 2.98. The highest BCUT2D eigenvalue weighted by Crippen LogP contribution is 2.29. The van der Waals surface area contributed by atoms with Crippen LogP contribution in [0.2, 0.25) is 0 Å². The topological polar surface area (TPSA) is 82.3 Å². The number of thioether (sulfide) groups is 2. The lowest BCUT2D eigenvalue weighted by Crippen LogP contribution is -2.17.